The number of amides is 1. The molecule has 0 spiro atoms. The van der Waals surface area contributed by atoms with Gasteiger partial charge < -0.3 is 9.88 Å². The van der Waals surface area contributed by atoms with Crippen LogP contribution in [0.5, 0.6) is 0 Å². The van der Waals surface area contributed by atoms with E-state index in [0.29, 0.717) is 27.2 Å². The number of H-pyrrole nitrogens is 1. The number of aryl methyl sites for hydroxylation is 1. The van der Waals surface area contributed by atoms with Crippen LogP contribution in [0.15, 0.2) is 41.2 Å². The zero-order valence-corrected chi connectivity index (χ0v) is 18.5. The standard InChI is InChI=1S/C24H27N3O2S/c1-4-12-26(14-17-8-9-17)22(28)18-10-11-19-20(13-18)25-24(30)27(23(19)29)21-7-5-6-15(2)16(21)3/h5-7,10-11,13,17H,4,8-9,12,14H2,1-3H3,(H,25,30). The molecule has 1 amide bonds. The van der Waals surface area contributed by atoms with Crippen LogP contribution in [0.2, 0.25) is 0 Å². The lowest BCUT2D eigenvalue weighted by molar-refractivity contribution is 0.0748. The molecule has 0 unspecified atom stereocenters. The van der Waals surface area contributed by atoms with Gasteiger partial charge in [-0.25, -0.2) is 0 Å². The van der Waals surface area contributed by atoms with Gasteiger partial charge in [-0.2, -0.15) is 0 Å². The molecule has 5 nitrogen and oxygen atoms in total. The van der Waals surface area contributed by atoms with E-state index in [-0.39, 0.29) is 11.5 Å². The number of rotatable bonds is 6. The first-order valence-corrected chi connectivity index (χ1v) is 11.0. The van der Waals surface area contributed by atoms with Crippen molar-refractivity contribution in [3.63, 3.8) is 0 Å². The Kier molecular flexibility index (Phi) is 5.60. The molecule has 1 fully saturated rings. The SMILES string of the molecule is CCCN(CC1CC1)C(=O)c1ccc2c(=O)n(-c3cccc(C)c3C)c(=S)[nH]c2c1. The Morgan fingerprint density at radius 2 is 2.00 bits per heavy atom. The van der Waals surface area contributed by atoms with Crippen LogP contribution in [0.3, 0.4) is 0 Å². The molecule has 0 saturated heterocycles. The number of aromatic amines is 1. The van der Waals surface area contributed by atoms with Gasteiger partial charge in [-0.1, -0.05) is 19.1 Å². The second-order valence-corrected chi connectivity index (χ2v) is 8.63. The number of fused-ring (bicyclic) bond motifs is 1. The van der Waals surface area contributed by atoms with Crippen LogP contribution < -0.4 is 5.56 Å². The predicted octanol–water partition coefficient (Wildman–Crippen LogP) is 4.93. The summed E-state index contributed by atoms with van der Waals surface area (Å²) in [5.74, 6) is 0.653. The summed E-state index contributed by atoms with van der Waals surface area (Å²) in [4.78, 5) is 31.5. The molecule has 3 aromatic rings. The maximum Gasteiger partial charge on any atom is 0.266 e. The fraction of sp³-hybridized carbons (Fsp3) is 0.375. The fourth-order valence-corrected chi connectivity index (χ4v) is 4.18. The second-order valence-electron chi connectivity index (χ2n) is 8.24. The van der Waals surface area contributed by atoms with Gasteiger partial charge in [0.25, 0.3) is 11.5 Å². The number of hydrogen-bond acceptors (Lipinski definition) is 3. The first kappa shape index (κ1) is 20.5. The van der Waals surface area contributed by atoms with Gasteiger partial charge in [0.1, 0.15) is 0 Å². The molecule has 0 bridgehead atoms. The largest absolute Gasteiger partial charge is 0.338 e. The molecule has 4 rings (SSSR count). The minimum atomic E-state index is -0.176. The smallest absolute Gasteiger partial charge is 0.266 e. The van der Waals surface area contributed by atoms with Crippen molar-refractivity contribution in [2.24, 2.45) is 5.92 Å². The van der Waals surface area contributed by atoms with E-state index >= 15 is 0 Å². The third kappa shape index (κ3) is 3.84. The van der Waals surface area contributed by atoms with Crippen LogP contribution in [0.4, 0.5) is 0 Å². The van der Waals surface area contributed by atoms with E-state index in [4.69, 9.17) is 12.2 Å². The lowest BCUT2D eigenvalue weighted by atomic mass is 10.1. The van der Waals surface area contributed by atoms with Crippen molar-refractivity contribution in [1.29, 1.82) is 0 Å². The van der Waals surface area contributed by atoms with E-state index < -0.39 is 0 Å². The molecule has 1 N–H and O–H groups in total. The zero-order valence-electron chi connectivity index (χ0n) is 17.7. The van der Waals surface area contributed by atoms with Gasteiger partial charge in [0, 0.05) is 18.7 Å². The van der Waals surface area contributed by atoms with Gasteiger partial charge in [0.15, 0.2) is 4.77 Å². The minimum Gasteiger partial charge on any atom is -0.338 e. The molecule has 1 aromatic heterocycles. The summed E-state index contributed by atoms with van der Waals surface area (Å²) in [6.45, 7) is 7.65. The Morgan fingerprint density at radius 1 is 1.23 bits per heavy atom. The summed E-state index contributed by atoms with van der Waals surface area (Å²) in [5.41, 5.74) is 3.90. The lowest BCUT2D eigenvalue weighted by Crippen LogP contribution is -2.33. The first-order chi connectivity index (χ1) is 14.4. The molecule has 6 heteroatoms. The highest BCUT2D eigenvalue weighted by molar-refractivity contribution is 7.71. The summed E-state index contributed by atoms with van der Waals surface area (Å²) in [6, 6.07) is 11.1. The molecule has 156 valence electrons. The second kappa shape index (κ2) is 8.19. The molecule has 2 aromatic carbocycles. The third-order valence-corrected chi connectivity index (χ3v) is 6.20. The first-order valence-electron chi connectivity index (χ1n) is 10.6. The van der Waals surface area contributed by atoms with Gasteiger partial charge in [-0.15, -0.1) is 0 Å². The molecular weight excluding hydrogens is 394 g/mol. The molecule has 0 aliphatic heterocycles. The quantitative estimate of drug-likeness (QED) is 0.574. The number of hydrogen-bond donors (Lipinski definition) is 1. The van der Waals surface area contributed by atoms with Crippen molar-refractivity contribution in [3.8, 4) is 5.69 Å². The van der Waals surface area contributed by atoms with E-state index in [9.17, 15) is 9.59 Å². The van der Waals surface area contributed by atoms with Crippen LogP contribution in [-0.4, -0.2) is 33.4 Å². The average molecular weight is 422 g/mol. The highest BCUT2D eigenvalue weighted by atomic mass is 32.1. The van der Waals surface area contributed by atoms with Crippen LogP contribution >= 0.6 is 12.2 Å². The Morgan fingerprint density at radius 3 is 2.70 bits per heavy atom. The normalized spacial score (nSPS) is 13.6. The van der Waals surface area contributed by atoms with Gasteiger partial charge in [0.05, 0.1) is 16.6 Å². The van der Waals surface area contributed by atoms with Crippen LogP contribution in [0, 0.1) is 24.5 Å². The predicted molar refractivity (Wildman–Crippen MR) is 123 cm³/mol. The van der Waals surface area contributed by atoms with Crippen molar-refractivity contribution >= 4 is 29.0 Å². The average Bonchev–Trinajstić information content (AvgIpc) is 3.54. The Balaban J connectivity index is 1.78. The number of carbonyl (C=O) groups is 1. The fourth-order valence-electron chi connectivity index (χ4n) is 3.89. The van der Waals surface area contributed by atoms with E-state index in [0.717, 1.165) is 36.3 Å². The van der Waals surface area contributed by atoms with Crippen LogP contribution in [-0.2, 0) is 0 Å². The van der Waals surface area contributed by atoms with E-state index in [1.165, 1.54) is 17.4 Å². The third-order valence-electron chi connectivity index (χ3n) is 5.92. The van der Waals surface area contributed by atoms with Crippen molar-refractivity contribution in [2.75, 3.05) is 13.1 Å². The highest BCUT2D eigenvalue weighted by Crippen LogP contribution is 2.30. The van der Waals surface area contributed by atoms with Gasteiger partial charge in [-0.05, 0) is 86.6 Å². The number of nitrogens with zero attached hydrogens (tertiary/aromatic N) is 2. The number of nitrogens with one attached hydrogen (secondary N) is 1. The summed E-state index contributed by atoms with van der Waals surface area (Å²) < 4.78 is 1.87. The highest BCUT2D eigenvalue weighted by Gasteiger charge is 2.27. The monoisotopic (exact) mass is 421 g/mol. The summed E-state index contributed by atoms with van der Waals surface area (Å²) in [6.07, 6.45) is 3.33. The Labute approximate surface area is 181 Å². The molecule has 1 saturated carbocycles. The number of benzene rings is 2. The summed E-state index contributed by atoms with van der Waals surface area (Å²) >= 11 is 5.53. The minimum absolute atomic E-state index is 0.0173. The molecule has 1 aliphatic carbocycles. The Hall–Kier alpha value is -2.73. The number of carbonyl (C=O) groups excluding carboxylic acids is 1. The molecule has 30 heavy (non-hydrogen) atoms. The maximum absolute atomic E-state index is 13.3. The van der Waals surface area contributed by atoms with Gasteiger partial charge in [-0.3, -0.25) is 14.2 Å². The van der Waals surface area contributed by atoms with E-state index in [1.807, 2.05) is 36.9 Å². The zero-order chi connectivity index (χ0) is 21.4. The van der Waals surface area contributed by atoms with Crippen LogP contribution in [0.25, 0.3) is 16.6 Å². The lowest BCUT2D eigenvalue weighted by Gasteiger charge is -2.22. The van der Waals surface area contributed by atoms with Gasteiger partial charge >= 0.3 is 0 Å². The van der Waals surface area contributed by atoms with Gasteiger partial charge in [0.2, 0.25) is 0 Å². The van der Waals surface area contributed by atoms with E-state index in [1.54, 1.807) is 18.2 Å². The number of aromatic nitrogens is 2. The van der Waals surface area contributed by atoms with Crippen molar-refractivity contribution in [2.45, 2.75) is 40.0 Å². The van der Waals surface area contributed by atoms with E-state index in [2.05, 4.69) is 11.9 Å². The molecule has 0 atom stereocenters. The maximum atomic E-state index is 13.3. The molecule has 1 aliphatic rings. The van der Waals surface area contributed by atoms with Crippen molar-refractivity contribution in [1.82, 2.24) is 14.5 Å². The molecule has 1 heterocycles. The molecular formula is C24H27N3O2S. The summed E-state index contributed by atoms with van der Waals surface area (Å²) in [5, 5.41) is 0.519. The van der Waals surface area contributed by atoms with Crippen molar-refractivity contribution < 1.29 is 4.79 Å². The summed E-state index contributed by atoms with van der Waals surface area (Å²) in [7, 11) is 0. The molecule has 0 radical (unpaired) electrons. The van der Waals surface area contributed by atoms with Crippen LogP contribution in [0.1, 0.15) is 47.7 Å². The Bertz CT molecular complexity index is 1240. The van der Waals surface area contributed by atoms with Crippen molar-refractivity contribution in [3.05, 3.63) is 68.2 Å². The topological polar surface area (TPSA) is 58.1 Å².